The summed E-state index contributed by atoms with van der Waals surface area (Å²) in [5.41, 5.74) is 6.18. The van der Waals surface area contributed by atoms with Crippen molar-refractivity contribution in [2.75, 3.05) is 6.54 Å². The molecule has 1 heterocycles. The largest absolute Gasteiger partial charge is 0.348 e. The molecular formula is C12H20BrCl2N3O. The van der Waals surface area contributed by atoms with E-state index in [1.807, 2.05) is 0 Å². The zero-order valence-electron chi connectivity index (χ0n) is 10.9. The lowest BCUT2D eigenvalue weighted by Gasteiger charge is -2.18. The first-order valence-electron chi connectivity index (χ1n) is 5.64. The van der Waals surface area contributed by atoms with Crippen LogP contribution >= 0.6 is 40.7 Å². The van der Waals surface area contributed by atoms with E-state index in [2.05, 4.69) is 40.1 Å². The van der Waals surface area contributed by atoms with Crippen LogP contribution in [0.3, 0.4) is 0 Å². The highest BCUT2D eigenvalue weighted by molar-refractivity contribution is 9.10. The number of aromatic nitrogens is 1. The average molecular weight is 373 g/mol. The van der Waals surface area contributed by atoms with Crippen LogP contribution in [0, 0.1) is 5.92 Å². The second kappa shape index (κ2) is 10.4. The number of nitrogens with zero attached hydrogens (tertiary/aromatic N) is 1. The van der Waals surface area contributed by atoms with Gasteiger partial charge in [-0.25, -0.2) is 0 Å². The Balaban J connectivity index is 0. The Labute approximate surface area is 134 Å². The quantitative estimate of drug-likeness (QED) is 0.834. The van der Waals surface area contributed by atoms with Gasteiger partial charge in [-0.15, -0.1) is 24.8 Å². The van der Waals surface area contributed by atoms with E-state index in [1.54, 1.807) is 18.5 Å². The summed E-state index contributed by atoms with van der Waals surface area (Å²) in [7, 11) is 0. The molecule has 0 radical (unpaired) electrons. The molecule has 0 spiro atoms. The van der Waals surface area contributed by atoms with Gasteiger partial charge in [0.25, 0.3) is 5.91 Å². The molecular weight excluding hydrogens is 353 g/mol. The van der Waals surface area contributed by atoms with Crippen LogP contribution in [0.25, 0.3) is 0 Å². The molecule has 0 aromatic carbocycles. The standard InChI is InChI=1S/C12H18BrN3O.2ClH/c1-8(2)3-11(5-14)16-12(17)9-4-10(13)7-15-6-9;;/h4,6-8,11H,3,5,14H2,1-2H3,(H,16,17);2*1H. The molecule has 1 aromatic heterocycles. The smallest absolute Gasteiger partial charge is 0.253 e. The van der Waals surface area contributed by atoms with Gasteiger partial charge < -0.3 is 11.1 Å². The van der Waals surface area contributed by atoms with Crippen LogP contribution in [0.4, 0.5) is 0 Å². The van der Waals surface area contributed by atoms with Crippen molar-refractivity contribution in [2.24, 2.45) is 11.7 Å². The SMILES string of the molecule is CC(C)CC(CN)NC(=O)c1cncc(Br)c1.Cl.Cl. The third-order valence-corrected chi connectivity index (χ3v) is 2.78. The number of hydrogen-bond acceptors (Lipinski definition) is 3. The maximum Gasteiger partial charge on any atom is 0.253 e. The van der Waals surface area contributed by atoms with Crippen LogP contribution in [0.2, 0.25) is 0 Å². The summed E-state index contributed by atoms with van der Waals surface area (Å²) in [4.78, 5) is 15.9. The van der Waals surface area contributed by atoms with Crippen molar-refractivity contribution >= 4 is 46.7 Å². The summed E-state index contributed by atoms with van der Waals surface area (Å²) in [6.45, 7) is 4.66. The fourth-order valence-corrected chi connectivity index (χ4v) is 1.95. The van der Waals surface area contributed by atoms with Crippen molar-refractivity contribution in [3.8, 4) is 0 Å². The Morgan fingerprint density at radius 1 is 1.42 bits per heavy atom. The van der Waals surface area contributed by atoms with Crippen molar-refractivity contribution in [3.63, 3.8) is 0 Å². The normalized spacial score (nSPS) is 11.2. The summed E-state index contributed by atoms with van der Waals surface area (Å²) in [5.74, 6) is 0.374. The van der Waals surface area contributed by atoms with Crippen molar-refractivity contribution in [3.05, 3.63) is 28.5 Å². The summed E-state index contributed by atoms with van der Waals surface area (Å²) in [6.07, 6.45) is 4.07. The third-order valence-electron chi connectivity index (χ3n) is 2.34. The molecule has 0 aliphatic carbocycles. The molecule has 0 saturated heterocycles. The van der Waals surface area contributed by atoms with E-state index in [0.29, 0.717) is 18.0 Å². The second-order valence-electron chi connectivity index (χ2n) is 4.43. The minimum atomic E-state index is -0.130. The highest BCUT2D eigenvalue weighted by atomic mass is 79.9. The number of carbonyl (C=O) groups is 1. The van der Waals surface area contributed by atoms with Crippen LogP contribution in [-0.4, -0.2) is 23.5 Å². The zero-order valence-corrected chi connectivity index (χ0v) is 14.1. The maximum absolute atomic E-state index is 11.9. The number of carbonyl (C=O) groups excluding carboxylic acids is 1. The van der Waals surface area contributed by atoms with Gasteiger partial charge in [0.15, 0.2) is 0 Å². The molecule has 4 nitrogen and oxygen atoms in total. The van der Waals surface area contributed by atoms with Crippen LogP contribution in [-0.2, 0) is 0 Å². The first kappa shape index (κ1) is 20.9. The first-order valence-corrected chi connectivity index (χ1v) is 6.43. The van der Waals surface area contributed by atoms with Gasteiger partial charge in [-0.3, -0.25) is 9.78 Å². The molecule has 1 atom stereocenters. The van der Waals surface area contributed by atoms with Gasteiger partial charge in [0, 0.05) is 29.5 Å². The minimum absolute atomic E-state index is 0. The van der Waals surface area contributed by atoms with Crippen molar-refractivity contribution in [1.82, 2.24) is 10.3 Å². The Bertz CT molecular complexity index is 391. The lowest BCUT2D eigenvalue weighted by molar-refractivity contribution is 0.0933. The van der Waals surface area contributed by atoms with Crippen LogP contribution < -0.4 is 11.1 Å². The Morgan fingerprint density at radius 3 is 2.53 bits per heavy atom. The fraction of sp³-hybridized carbons (Fsp3) is 0.500. The van der Waals surface area contributed by atoms with Gasteiger partial charge in [-0.2, -0.15) is 0 Å². The topological polar surface area (TPSA) is 68.0 Å². The lowest BCUT2D eigenvalue weighted by atomic mass is 10.0. The van der Waals surface area contributed by atoms with E-state index in [9.17, 15) is 4.79 Å². The summed E-state index contributed by atoms with van der Waals surface area (Å²) < 4.78 is 0.790. The molecule has 110 valence electrons. The van der Waals surface area contributed by atoms with Crippen molar-refractivity contribution in [1.29, 1.82) is 0 Å². The molecule has 1 rings (SSSR count). The Kier molecular flexibility index (Phi) is 11.5. The van der Waals surface area contributed by atoms with E-state index in [0.717, 1.165) is 10.9 Å². The van der Waals surface area contributed by atoms with Crippen molar-refractivity contribution < 1.29 is 4.79 Å². The van der Waals surface area contributed by atoms with Gasteiger partial charge in [-0.1, -0.05) is 13.8 Å². The van der Waals surface area contributed by atoms with E-state index in [1.165, 1.54) is 0 Å². The van der Waals surface area contributed by atoms with Crippen LogP contribution in [0.1, 0.15) is 30.6 Å². The average Bonchev–Trinajstić information content (AvgIpc) is 2.27. The third kappa shape index (κ3) is 7.72. The molecule has 1 amide bonds. The highest BCUT2D eigenvalue weighted by Crippen LogP contribution is 2.10. The predicted octanol–water partition coefficient (Wildman–Crippen LogP) is 2.79. The lowest BCUT2D eigenvalue weighted by Crippen LogP contribution is -2.41. The summed E-state index contributed by atoms with van der Waals surface area (Å²) >= 11 is 3.29. The maximum atomic E-state index is 11.9. The molecule has 19 heavy (non-hydrogen) atoms. The molecule has 1 aromatic rings. The van der Waals surface area contributed by atoms with Gasteiger partial charge in [0.05, 0.1) is 5.56 Å². The highest BCUT2D eigenvalue weighted by Gasteiger charge is 2.14. The fourth-order valence-electron chi connectivity index (χ4n) is 1.59. The molecule has 0 fully saturated rings. The number of halogens is 3. The molecule has 3 N–H and O–H groups in total. The van der Waals surface area contributed by atoms with Gasteiger partial charge in [-0.05, 0) is 34.3 Å². The van der Waals surface area contributed by atoms with Crippen LogP contribution in [0.15, 0.2) is 22.9 Å². The molecule has 0 aliphatic rings. The predicted molar refractivity (Wildman–Crippen MR) is 86.2 cm³/mol. The monoisotopic (exact) mass is 371 g/mol. The van der Waals surface area contributed by atoms with Crippen molar-refractivity contribution in [2.45, 2.75) is 26.3 Å². The van der Waals surface area contributed by atoms with Gasteiger partial charge >= 0.3 is 0 Å². The molecule has 0 bridgehead atoms. The number of nitrogens with one attached hydrogen (secondary N) is 1. The van der Waals surface area contributed by atoms with E-state index >= 15 is 0 Å². The molecule has 7 heteroatoms. The number of nitrogens with two attached hydrogens (primary N) is 1. The number of amides is 1. The van der Waals surface area contributed by atoms with E-state index in [-0.39, 0.29) is 36.8 Å². The minimum Gasteiger partial charge on any atom is -0.348 e. The van der Waals surface area contributed by atoms with E-state index < -0.39 is 0 Å². The molecule has 0 aliphatic heterocycles. The zero-order chi connectivity index (χ0) is 12.8. The molecule has 1 unspecified atom stereocenters. The van der Waals surface area contributed by atoms with Gasteiger partial charge in [0.1, 0.15) is 0 Å². The summed E-state index contributed by atoms with van der Waals surface area (Å²) in [5, 5.41) is 2.92. The molecule has 0 saturated carbocycles. The Hall–Kier alpha value is -0.360. The summed E-state index contributed by atoms with van der Waals surface area (Å²) in [6, 6.07) is 1.76. The van der Waals surface area contributed by atoms with Crippen LogP contribution in [0.5, 0.6) is 0 Å². The first-order chi connectivity index (χ1) is 8.02. The second-order valence-corrected chi connectivity index (χ2v) is 5.34. The number of hydrogen-bond donors (Lipinski definition) is 2. The number of pyridine rings is 1. The number of rotatable bonds is 5. The van der Waals surface area contributed by atoms with Gasteiger partial charge in [0.2, 0.25) is 0 Å². The van der Waals surface area contributed by atoms with E-state index in [4.69, 9.17) is 5.73 Å². The Morgan fingerprint density at radius 2 is 2.05 bits per heavy atom.